The van der Waals surface area contributed by atoms with E-state index in [2.05, 4.69) is 21.2 Å². The smallest absolute Gasteiger partial charge is 0.251 e. The van der Waals surface area contributed by atoms with Gasteiger partial charge in [0.2, 0.25) is 0 Å². The quantitative estimate of drug-likeness (QED) is 0.928. The van der Waals surface area contributed by atoms with E-state index in [4.69, 9.17) is 9.47 Å². The fourth-order valence-electron chi connectivity index (χ4n) is 2.10. The Morgan fingerprint density at radius 1 is 1.19 bits per heavy atom. The van der Waals surface area contributed by atoms with E-state index in [0.29, 0.717) is 24.5 Å². The Morgan fingerprint density at radius 3 is 2.81 bits per heavy atom. The third-order valence-electron chi connectivity index (χ3n) is 3.14. The van der Waals surface area contributed by atoms with Crippen molar-refractivity contribution in [1.29, 1.82) is 0 Å². The number of fused-ring (bicyclic) bond motifs is 1. The lowest BCUT2D eigenvalue weighted by Crippen LogP contribution is -2.40. The summed E-state index contributed by atoms with van der Waals surface area (Å²) >= 11 is 3.35. The predicted octanol–water partition coefficient (Wildman–Crippen LogP) is 3.02. The minimum absolute atomic E-state index is 0.126. The summed E-state index contributed by atoms with van der Waals surface area (Å²) in [6.45, 7) is 0.829. The number of benzene rings is 2. The lowest BCUT2D eigenvalue weighted by atomic mass is 10.2. The highest BCUT2D eigenvalue weighted by atomic mass is 79.9. The largest absolute Gasteiger partial charge is 0.486 e. The first-order valence-electron chi connectivity index (χ1n) is 6.64. The first-order chi connectivity index (χ1) is 10.2. The van der Waals surface area contributed by atoms with Gasteiger partial charge in [-0.3, -0.25) is 4.79 Å². The van der Waals surface area contributed by atoms with Crippen molar-refractivity contribution in [1.82, 2.24) is 5.32 Å². The average molecular weight is 348 g/mol. The molecule has 4 nitrogen and oxygen atoms in total. The van der Waals surface area contributed by atoms with Crippen LogP contribution in [0, 0.1) is 0 Å². The van der Waals surface area contributed by atoms with Gasteiger partial charge >= 0.3 is 0 Å². The molecule has 5 heteroatoms. The molecule has 21 heavy (non-hydrogen) atoms. The van der Waals surface area contributed by atoms with Crippen LogP contribution in [0.2, 0.25) is 0 Å². The number of halogens is 1. The van der Waals surface area contributed by atoms with Crippen molar-refractivity contribution >= 4 is 21.8 Å². The zero-order valence-electron chi connectivity index (χ0n) is 11.2. The van der Waals surface area contributed by atoms with E-state index in [1.54, 1.807) is 12.1 Å². The second kappa shape index (κ2) is 6.18. The summed E-state index contributed by atoms with van der Waals surface area (Å²) in [4.78, 5) is 12.1. The third kappa shape index (κ3) is 3.36. The Balaban J connectivity index is 1.58. The van der Waals surface area contributed by atoms with Gasteiger partial charge in [0, 0.05) is 10.0 Å². The van der Waals surface area contributed by atoms with Gasteiger partial charge in [-0.1, -0.05) is 34.1 Å². The van der Waals surface area contributed by atoms with Gasteiger partial charge in [0.05, 0.1) is 6.54 Å². The predicted molar refractivity (Wildman–Crippen MR) is 82.8 cm³/mol. The first kappa shape index (κ1) is 13.9. The number of nitrogens with one attached hydrogen (secondary N) is 1. The number of para-hydroxylation sites is 2. The molecule has 1 atom stereocenters. The van der Waals surface area contributed by atoms with Crippen molar-refractivity contribution in [3.8, 4) is 11.5 Å². The van der Waals surface area contributed by atoms with Crippen molar-refractivity contribution in [2.45, 2.75) is 6.10 Å². The normalized spacial score (nSPS) is 16.3. The molecule has 1 N–H and O–H groups in total. The summed E-state index contributed by atoms with van der Waals surface area (Å²) in [5.41, 5.74) is 0.613. The number of amides is 1. The lowest BCUT2D eigenvalue weighted by Gasteiger charge is -2.26. The van der Waals surface area contributed by atoms with Crippen LogP contribution in [0.25, 0.3) is 0 Å². The number of hydrogen-bond acceptors (Lipinski definition) is 3. The highest BCUT2D eigenvalue weighted by molar-refractivity contribution is 9.10. The van der Waals surface area contributed by atoms with Gasteiger partial charge < -0.3 is 14.8 Å². The second-order valence-corrected chi connectivity index (χ2v) is 5.63. The molecule has 0 saturated carbocycles. The first-order valence-corrected chi connectivity index (χ1v) is 7.44. The molecular weight excluding hydrogens is 334 g/mol. The van der Waals surface area contributed by atoms with Crippen molar-refractivity contribution in [2.24, 2.45) is 0 Å². The minimum Gasteiger partial charge on any atom is -0.486 e. The van der Waals surface area contributed by atoms with Gasteiger partial charge in [-0.15, -0.1) is 0 Å². The molecule has 0 saturated heterocycles. The molecule has 0 aliphatic carbocycles. The minimum atomic E-state index is -0.184. The molecule has 0 fully saturated rings. The van der Waals surface area contributed by atoms with Gasteiger partial charge in [-0.05, 0) is 30.3 Å². The molecule has 0 aromatic heterocycles. The highest BCUT2D eigenvalue weighted by Gasteiger charge is 2.21. The second-order valence-electron chi connectivity index (χ2n) is 4.72. The van der Waals surface area contributed by atoms with E-state index in [-0.39, 0.29) is 12.0 Å². The van der Waals surface area contributed by atoms with Crippen molar-refractivity contribution in [3.05, 3.63) is 58.6 Å². The molecule has 1 heterocycles. The van der Waals surface area contributed by atoms with Crippen molar-refractivity contribution in [2.75, 3.05) is 13.2 Å². The van der Waals surface area contributed by atoms with Gasteiger partial charge in [0.1, 0.15) is 12.7 Å². The molecule has 2 aromatic rings. The molecule has 1 unspecified atom stereocenters. The maximum atomic E-state index is 12.1. The summed E-state index contributed by atoms with van der Waals surface area (Å²) in [7, 11) is 0. The number of rotatable bonds is 3. The molecule has 2 aromatic carbocycles. The van der Waals surface area contributed by atoms with Gasteiger partial charge in [-0.2, -0.15) is 0 Å². The SMILES string of the molecule is O=C(NCC1COc2ccccc2O1)c1cccc(Br)c1. The van der Waals surface area contributed by atoms with E-state index in [9.17, 15) is 4.79 Å². The summed E-state index contributed by atoms with van der Waals surface area (Å²) in [6.07, 6.45) is -0.184. The van der Waals surface area contributed by atoms with Crippen molar-refractivity contribution in [3.63, 3.8) is 0 Å². The monoisotopic (exact) mass is 347 g/mol. The Hall–Kier alpha value is -2.01. The average Bonchev–Trinajstić information content (AvgIpc) is 2.52. The van der Waals surface area contributed by atoms with E-state index in [1.807, 2.05) is 36.4 Å². The molecule has 1 aliphatic rings. The Labute approximate surface area is 131 Å². The summed E-state index contributed by atoms with van der Waals surface area (Å²) < 4.78 is 12.3. The molecule has 0 radical (unpaired) electrons. The fourth-order valence-corrected chi connectivity index (χ4v) is 2.50. The number of hydrogen-bond donors (Lipinski definition) is 1. The zero-order valence-corrected chi connectivity index (χ0v) is 12.8. The van der Waals surface area contributed by atoms with Crippen LogP contribution in [0.3, 0.4) is 0 Å². The summed E-state index contributed by atoms with van der Waals surface area (Å²) in [5.74, 6) is 1.33. The topological polar surface area (TPSA) is 47.6 Å². The van der Waals surface area contributed by atoms with E-state index in [1.165, 1.54) is 0 Å². The lowest BCUT2D eigenvalue weighted by molar-refractivity contribution is 0.0789. The van der Waals surface area contributed by atoms with Crippen LogP contribution in [0.15, 0.2) is 53.0 Å². The van der Waals surface area contributed by atoms with Gasteiger partial charge in [-0.25, -0.2) is 0 Å². The number of carbonyl (C=O) groups is 1. The maximum absolute atomic E-state index is 12.1. The van der Waals surface area contributed by atoms with Crippen LogP contribution in [-0.4, -0.2) is 25.2 Å². The molecule has 1 aliphatic heterocycles. The Bertz CT molecular complexity index is 659. The molecule has 0 bridgehead atoms. The highest BCUT2D eigenvalue weighted by Crippen LogP contribution is 2.30. The van der Waals surface area contributed by atoms with Gasteiger partial charge in [0.25, 0.3) is 5.91 Å². The summed E-state index contributed by atoms with van der Waals surface area (Å²) in [5, 5.41) is 2.86. The number of ether oxygens (including phenoxy) is 2. The van der Waals surface area contributed by atoms with Crippen molar-refractivity contribution < 1.29 is 14.3 Å². The number of carbonyl (C=O) groups excluding carboxylic acids is 1. The van der Waals surface area contributed by atoms with Crippen LogP contribution >= 0.6 is 15.9 Å². The molecular formula is C16H14BrNO3. The maximum Gasteiger partial charge on any atom is 0.251 e. The molecule has 0 spiro atoms. The van der Waals surface area contributed by atoms with Crippen LogP contribution in [0.4, 0.5) is 0 Å². The van der Waals surface area contributed by atoms with E-state index in [0.717, 1.165) is 10.2 Å². The molecule has 3 rings (SSSR count). The third-order valence-corrected chi connectivity index (χ3v) is 3.64. The fraction of sp³-hybridized carbons (Fsp3) is 0.188. The Morgan fingerprint density at radius 2 is 2.00 bits per heavy atom. The molecule has 1 amide bonds. The molecule has 108 valence electrons. The van der Waals surface area contributed by atoms with Crippen LogP contribution in [0.1, 0.15) is 10.4 Å². The van der Waals surface area contributed by atoms with E-state index < -0.39 is 0 Å². The standard InChI is InChI=1S/C16H14BrNO3/c17-12-5-3-4-11(8-12)16(19)18-9-13-10-20-14-6-1-2-7-15(14)21-13/h1-8,13H,9-10H2,(H,18,19). The van der Waals surface area contributed by atoms with Crippen LogP contribution in [0.5, 0.6) is 11.5 Å². The Kier molecular flexibility index (Phi) is 4.10. The summed E-state index contributed by atoms with van der Waals surface area (Å²) in [6, 6.07) is 14.8. The van der Waals surface area contributed by atoms with E-state index >= 15 is 0 Å². The van der Waals surface area contributed by atoms with Gasteiger partial charge in [0.15, 0.2) is 11.5 Å². The van der Waals surface area contributed by atoms with Crippen LogP contribution < -0.4 is 14.8 Å². The zero-order chi connectivity index (χ0) is 14.7. The van der Waals surface area contributed by atoms with Crippen LogP contribution in [-0.2, 0) is 0 Å².